The highest BCUT2D eigenvalue weighted by Crippen LogP contribution is 2.20. The van der Waals surface area contributed by atoms with Crippen LogP contribution >= 0.6 is 0 Å². The van der Waals surface area contributed by atoms with Gasteiger partial charge in [-0.2, -0.15) is 9.98 Å². The van der Waals surface area contributed by atoms with Crippen molar-refractivity contribution >= 4 is 10.0 Å². The van der Waals surface area contributed by atoms with Crippen molar-refractivity contribution in [1.29, 1.82) is 5.26 Å². The van der Waals surface area contributed by atoms with Crippen LogP contribution in [0, 0.1) is 11.3 Å². The summed E-state index contributed by atoms with van der Waals surface area (Å²) in [6.45, 7) is 0. The largest absolute Gasteiger partial charge is 0.426 e. The number of hydrogen-bond donors (Lipinski definition) is 1. The van der Waals surface area contributed by atoms with E-state index in [4.69, 9.17) is 9.68 Å². The summed E-state index contributed by atoms with van der Waals surface area (Å²) in [5.74, 6) is 0.155. The van der Waals surface area contributed by atoms with E-state index in [1.807, 2.05) is 0 Å². The third kappa shape index (κ3) is 4.09. The topological polar surface area (TPSA) is 109 Å². The van der Waals surface area contributed by atoms with Crippen LogP contribution in [0.25, 0.3) is 0 Å². The molecule has 0 saturated carbocycles. The fourth-order valence-corrected chi connectivity index (χ4v) is 3.58. The minimum Gasteiger partial charge on any atom is -0.426 e. The lowest BCUT2D eigenvalue weighted by molar-refractivity contribution is 0.426. The highest BCUT2D eigenvalue weighted by Gasteiger charge is 2.25. The number of benzene rings is 2. The predicted octanol–water partition coefficient (Wildman–Crippen LogP) is 2.20. The van der Waals surface area contributed by atoms with E-state index < -0.39 is 16.1 Å². The molecule has 1 N–H and O–H groups in total. The van der Waals surface area contributed by atoms with E-state index in [9.17, 15) is 8.42 Å². The van der Waals surface area contributed by atoms with Crippen LogP contribution in [0.1, 0.15) is 23.1 Å². The summed E-state index contributed by atoms with van der Waals surface area (Å²) in [5, 5.41) is 16.5. The Hall–Kier alpha value is -3.02. The Morgan fingerprint density at radius 3 is 2.64 bits per heavy atom. The SMILES string of the molecule is N#Cc1cccc(C[C@H](NS(=O)(=O)c2ccccc2)c2nnco2)c1. The fraction of sp³-hybridized carbons (Fsp3) is 0.118. The van der Waals surface area contributed by atoms with E-state index in [0.29, 0.717) is 5.56 Å². The van der Waals surface area contributed by atoms with Crippen molar-refractivity contribution in [2.24, 2.45) is 0 Å². The molecule has 1 aromatic heterocycles. The van der Waals surface area contributed by atoms with Crippen LogP contribution in [0.2, 0.25) is 0 Å². The second kappa shape index (κ2) is 7.25. The molecule has 0 aliphatic heterocycles. The number of nitrogens with one attached hydrogen (secondary N) is 1. The second-order valence-corrected chi connectivity index (χ2v) is 6.99. The molecule has 0 fully saturated rings. The van der Waals surface area contributed by atoms with Gasteiger partial charge in [-0.05, 0) is 36.2 Å². The highest BCUT2D eigenvalue weighted by molar-refractivity contribution is 7.89. The van der Waals surface area contributed by atoms with E-state index >= 15 is 0 Å². The molecular formula is C17H14N4O3S. The Labute approximate surface area is 145 Å². The van der Waals surface area contributed by atoms with Gasteiger partial charge in [-0.1, -0.05) is 30.3 Å². The molecule has 25 heavy (non-hydrogen) atoms. The highest BCUT2D eigenvalue weighted by atomic mass is 32.2. The molecule has 0 spiro atoms. The van der Waals surface area contributed by atoms with Crippen LogP contribution in [0.5, 0.6) is 0 Å². The summed E-state index contributed by atoms with van der Waals surface area (Å²) in [6.07, 6.45) is 1.41. The molecule has 8 heteroatoms. The van der Waals surface area contributed by atoms with E-state index in [-0.39, 0.29) is 17.2 Å². The maximum Gasteiger partial charge on any atom is 0.241 e. The van der Waals surface area contributed by atoms with E-state index in [1.165, 1.54) is 12.1 Å². The van der Waals surface area contributed by atoms with Crippen molar-refractivity contribution in [1.82, 2.24) is 14.9 Å². The van der Waals surface area contributed by atoms with Gasteiger partial charge in [-0.15, -0.1) is 10.2 Å². The lowest BCUT2D eigenvalue weighted by atomic mass is 10.0. The van der Waals surface area contributed by atoms with Gasteiger partial charge in [0.05, 0.1) is 16.5 Å². The zero-order chi connectivity index (χ0) is 17.7. The zero-order valence-corrected chi connectivity index (χ0v) is 13.8. The lowest BCUT2D eigenvalue weighted by Gasteiger charge is -2.16. The number of hydrogen-bond acceptors (Lipinski definition) is 6. The van der Waals surface area contributed by atoms with Crippen molar-refractivity contribution in [3.05, 3.63) is 78.0 Å². The average Bonchev–Trinajstić information content (AvgIpc) is 3.17. The van der Waals surface area contributed by atoms with Gasteiger partial charge >= 0.3 is 0 Å². The van der Waals surface area contributed by atoms with Crippen LogP contribution in [0.3, 0.4) is 0 Å². The van der Waals surface area contributed by atoms with Gasteiger partial charge in [0.25, 0.3) is 0 Å². The summed E-state index contributed by atoms with van der Waals surface area (Å²) in [7, 11) is -3.76. The Kier molecular flexibility index (Phi) is 4.88. The minimum atomic E-state index is -3.76. The summed E-state index contributed by atoms with van der Waals surface area (Å²) in [5.41, 5.74) is 1.27. The van der Waals surface area contributed by atoms with Gasteiger partial charge in [0, 0.05) is 0 Å². The molecule has 0 bridgehead atoms. The summed E-state index contributed by atoms with van der Waals surface area (Å²) >= 11 is 0. The Morgan fingerprint density at radius 1 is 1.16 bits per heavy atom. The van der Waals surface area contributed by atoms with Gasteiger partial charge in [0.1, 0.15) is 6.04 Å². The van der Waals surface area contributed by atoms with E-state index in [1.54, 1.807) is 42.5 Å². The molecule has 0 unspecified atom stereocenters. The lowest BCUT2D eigenvalue weighted by Crippen LogP contribution is -2.30. The zero-order valence-electron chi connectivity index (χ0n) is 13.0. The maximum absolute atomic E-state index is 12.6. The molecule has 2 aromatic carbocycles. The van der Waals surface area contributed by atoms with Crippen LogP contribution in [0.4, 0.5) is 0 Å². The first kappa shape index (κ1) is 16.8. The molecule has 126 valence electrons. The van der Waals surface area contributed by atoms with Crippen LogP contribution in [-0.2, 0) is 16.4 Å². The van der Waals surface area contributed by atoms with Gasteiger partial charge in [0.15, 0.2) is 0 Å². The fourth-order valence-electron chi connectivity index (χ4n) is 2.37. The molecule has 0 aliphatic carbocycles. The second-order valence-electron chi connectivity index (χ2n) is 5.28. The Morgan fingerprint density at radius 2 is 1.96 bits per heavy atom. The normalized spacial score (nSPS) is 12.4. The standard InChI is InChI=1S/C17H14N4O3S/c18-11-14-6-4-5-13(9-14)10-16(17-20-19-12-24-17)21-25(22,23)15-7-2-1-3-8-15/h1-9,12,16,21H,10H2/t16-/m0/s1. The predicted molar refractivity (Wildman–Crippen MR) is 88.7 cm³/mol. The molecule has 0 radical (unpaired) electrons. The van der Waals surface area contributed by atoms with Gasteiger partial charge in [-0.3, -0.25) is 0 Å². The maximum atomic E-state index is 12.6. The van der Waals surface area contributed by atoms with Crippen molar-refractivity contribution < 1.29 is 12.8 Å². The molecular weight excluding hydrogens is 340 g/mol. The monoisotopic (exact) mass is 354 g/mol. The number of sulfonamides is 1. The first-order chi connectivity index (χ1) is 12.1. The summed E-state index contributed by atoms with van der Waals surface area (Å²) in [4.78, 5) is 0.144. The molecule has 7 nitrogen and oxygen atoms in total. The summed E-state index contributed by atoms with van der Waals surface area (Å²) < 4.78 is 33.0. The van der Waals surface area contributed by atoms with Crippen molar-refractivity contribution in [2.75, 3.05) is 0 Å². The van der Waals surface area contributed by atoms with Crippen LogP contribution in [0.15, 0.2) is 70.3 Å². The number of nitriles is 1. The molecule has 0 amide bonds. The Bertz CT molecular complexity index is 980. The number of rotatable bonds is 6. The molecule has 0 aliphatic rings. The summed E-state index contributed by atoms with van der Waals surface area (Å²) in [6, 6.07) is 16.3. The Balaban J connectivity index is 1.90. The molecule has 1 atom stereocenters. The molecule has 3 rings (SSSR count). The van der Waals surface area contributed by atoms with Crippen LogP contribution in [-0.4, -0.2) is 18.6 Å². The van der Waals surface area contributed by atoms with E-state index in [0.717, 1.165) is 12.0 Å². The number of aromatic nitrogens is 2. The molecule has 0 saturated heterocycles. The van der Waals surface area contributed by atoms with Gasteiger partial charge in [0.2, 0.25) is 22.3 Å². The third-order valence-electron chi connectivity index (χ3n) is 3.52. The quantitative estimate of drug-likeness (QED) is 0.727. The van der Waals surface area contributed by atoms with Crippen molar-refractivity contribution in [3.8, 4) is 6.07 Å². The van der Waals surface area contributed by atoms with Crippen molar-refractivity contribution in [2.45, 2.75) is 17.4 Å². The minimum absolute atomic E-state index is 0.144. The number of nitrogens with zero attached hydrogens (tertiary/aromatic N) is 3. The van der Waals surface area contributed by atoms with Crippen molar-refractivity contribution in [3.63, 3.8) is 0 Å². The average molecular weight is 354 g/mol. The molecule has 3 aromatic rings. The van der Waals surface area contributed by atoms with Crippen LogP contribution < -0.4 is 4.72 Å². The van der Waals surface area contributed by atoms with Gasteiger partial charge < -0.3 is 4.42 Å². The first-order valence-corrected chi connectivity index (χ1v) is 8.89. The smallest absolute Gasteiger partial charge is 0.241 e. The first-order valence-electron chi connectivity index (χ1n) is 7.41. The van der Waals surface area contributed by atoms with Gasteiger partial charge in [-0.25, -0.2) is 8.42 Å². The van der Waals surface area contributed by atoms with E-state index in [2.05, 4.69) is 21.0 Å². The molecule has 1 heterocycles. The third-order valence-corrected chi connectivity index (χ3v) is 5.01.